The Morgan fingerprint density at radius 1 is 1.42 bits per heavy atom. The molecule has 1 aromatic heterocycles. The maximum Gasteiger partial charge on any atom is 0.334 e. The molecule has 19 heavy (non-hydrogen) atoms. The largest absolute Gasteiger partial charge is 0.469 e. The van der Waals surface area contributed by atoms with Crippen molar-refractivity contribution in [1.82, 2.24) is 0 Å². The Bertz CT molecular complexity index is 597. The number of esters is 1. The Balaban J connectivity index is 1.82. The molecule has 3 aliphatic rings. The lowest BCUT2D eigenvalue weighted by molar-refractivity contribution is -0.140. The van der Waals surface area contributed by atoms with Crippen molar-refractivity contribution in [2.45, 2.75) is 50.9 Å². The standard InChI is InChI=1S/C15H16O4/c1-8-7-17-11-6-15(2)12(19-15)4-3-9-5-10(13(8)11)18-14(9)16/h5,7,10,12H,3-4,6H2,1-2H3/t10-,12+,15+/m1/s1. The Morgan fingerprint density at radius 2 is 2.26 bits per heavy atom. The highest BCUT2D eigenvalue weighted by atomic mass is 16.6. The first-order chi connectivity index (χ1) is 9.07. The number of hydrogen-bond donors (Lipinski definition) is 0. The zero-order valence-electron chi connectivity index (χ0n) is 11.1. The second-order valence-corrected chi connectivity index (χ2v) is 5.91. The second kappa shape index (κ2) is 3.51. The molecule has 3 heterocycles. The van der Waals surface area contributed by atoms with Gasteiger partial charge in [0.15, 0.2) is 0 Å². The van der Waals surface area contributed by atoms with Crippen molar-refractivity contribution in [3.63, 3.8) is 0 Å². The molecule has 4 rings (SSSR count). The summed E-state index contributed by atoms with van der Waals surface area (Å²) in [6, 6.07) is 0. The van der Waals surface area contributed by atoms with Crippen molar-refractivity contribution in [3.8, 4) is 0 Å². The Kier molecular flexibility index (Phi) is 2.09. The lowest BCUT2D eigenvalue weighted by Crippen LogP contribution is -2.15. The van der Waals surface area contributed by atoms with E-state index in [0.717, 1.165) is 41.7 Å². The van der Waals surface area contributed by atoms with Crippen LogP contribution in [0.15, 0.2) is 22.3 Å². The van der Waals surface area contributed by atoms with E-state index in [-0.39, 0.29) is 23.8 Å². The topological polar surface area (TPSA) is 52.0 Å². The minimum absolute atomic E-state index is 0.139. The third-order valence-electron chi connectivity index (χ3n) is 4.46. The number of epoxide rings is 1. The summed E-state index contributed by atoms with van der Waals surface area (Å²) in [4.78, 5) is 11.9. The molecule has 1 fully saturated rings. The van der Waals surface area contributed by atoms with Gasteiger partial charge in [0.25, 0.3) is 0 Å². The molecule has 2 bridgehead atoms. The number of aryl methyl sites for hydroxylation is 1. The Morgan fingerprint density at radius 3 is 3.11 bits per heavy atom. The SMILES string of the molecule is Cc1coc2c1[C@H]1C=C(CC[C@@H]3O[C@@]3(C)C2)C(=O)O1. The number of ether oxygens (including phenoxy) is 2. The van der Waals surface area contributed by atoms with Crippen LogP contribution in [0.25, 0.3) is 0 Å². The van der Waals surface area contributed by atoms with Gasteiger partial charge in [-0.1, -0.05) is 0 Å². The van der Waals surface area contributed by atoms with Gasteiger partial charge in [-0.15, -0.1) is 0 Å². The third-order valence-corrected chi connectivity index (χ3v) is 4.46. The molecule has 0 N–H and O–H groups in total. The van der Waals surface area contributed by atoms with E-state index in [1.165, 1.54) is 0 Å². The van der Waals surface area contributed by atoms with Crippen molar-refractivity contribution in [2.75, 3.05) is 0 Å². The molecule has 1 saturated heterocycles. The summed E-state index contributed by atoms with van der Waals surface area (Å²) in [5, 5.41) is 0. The average Bonchev–Trinajstić information content (AvgIpc) is 2.65. The molecule has 4 heteroatoms. The van der Waals surface area contributed by atoms with Gasteiger partial charge in [-0.25, -0.2) is 4.79 Å². The number of furan rings is 1. The zero-order chi connectivity index (χ0) is 13.2. The molecule has 100 valence electrons. The highest BCUT2D eigenvalue weighted by Gasteiger charge is 2.53. The molecule has 4 nitrogen and oxygen atoms in total. The van der Waals surface area contributed by atoms with Crippen LogP contribution in [0.5, 0.6) is 0 Å². The fourth-order valence-electron chi connectivity index (χ4n) is 3.25. The van der Waals surface area contributed by atoms with Crippen LogP contribution in [-0.4, -0.2) is 17.7 Å². The summed E-state index contributed by atoms with van der Waals surface area (Å²) in [6.07, 6.45) is 5.98. The summed E-state index contributed by atoms with van der Waals surface area (Å²) in [5.41, 5.74) is 2.67. The van der Waals surface area contributed by atoms with E-state index < -0.39 is 0 Å². The van der Waals surface area contributed by atoms with Crippen LogP contribution in [0.2, 0.25) is 0 Å². The van der Waals surface area contributed by atoms with Crippen LogP contribution < -0.4 is 0 Å². The molecular weight excluding hydrogens is 244 g/mol. The van der Waals surface area contributed by atoms with E-state index in [1.54, 1.807) is 6.26 Å². The molecule has 1 aliphatic carbocycles. The van der Waals surface area contributed by atoms with Crippen molar-refractivity contribution in [1.29, 1.82) is 0 Å². The Hall–Kier alpha value is -1.55. The van der Waals surface area contributed by atoms with Crippen LogP contribution in [-0.2, 0) is 20.7 Å². The lowest BCUT2D eigenvalue weighted by Gasteiger charge is -2.12. The summed E-state index contributed by atoms with van der Waals surface area (Å²) in [5.74, 6) is 0.695. The normalized spacial score (nSPS) is 36.1. The van der Waals surface area contributed by atoms with Gasteiger partial charge in [0.1, 0.15) is 11.9 Å². The highest BCUT2D eigenvalue weighted by Crippen LogP contribution is 2.46. The van der Waals surface area contributed by atoms with Crippen LogP contribution >= 0.6 is 0 Å². The minimum Gasteiger partial charge on any atom is -0.469 e. The number of hydrogen-bond acceptors (Lipinski definition) is 4. The molecule has 0 unspecified atom stereocenters. The van der Waals surface area contributed by atoms with E-state index in [1.807, 2.05) is 13.0 Å². The summed E-state index contributed by atoms with van der Waals surface area (Å²) in [6.45, 7) is 4.10. The first-order valence-electron chi connectivity index (χ1n) is 6.73. The number of rotatable bonds is 0. The van der Waals surface area contributed by atoms with Gasteiger partial charge in [0, 0.05) is 17.6 Å². The maximum absolute atomic E-state index is 11.9. The van der Waals surface area contributed by atoms with E-state index >= 15 is 0 Å². The van der Waals surface area contributed by atoms with Gasteiger partial charge in [-0.2, -0.15) is 0 Å². The predicted molar refractivity (Wildman–Crippen MR) is 66.6 cm³/mol. The van der Waals surface area contributed by atoms with E-state index in [4.69, 9.17) is 13.9 Å². The van der Waals surface area contributed by atoms with Gasteiger partial charge in [-0.3, -0.25) is 0 Å². The van der Waals surface area contributed by atoms with Crippen LogP contribution in [0.1, 0.15) is 42.8 Å². The molecular formula is C15H16O4. The quantitative estimate of drug-likeness (QED) is 0.531. The Labute approximate surface area is 111 Å². The second-order valence-electron chi connectivity index (χ2n) is 5.91. The van der Waals surface area contributed by atoms with Crippen LogP contribution in [0, 0.1) is 6.92 Å². The van der Waals surface area contributed by atoms with E-state index in [9.17, 15) is 4.79 Å². The predicted octanol–water partition coefficient (Wildman–Crippen LogP) is 2.61. The van der Waals surface area contributed by atoms with Crippen molar-refractivity contribution in [3.05, 3.63) is 34.8 Å². The lowest BCUT2D eigenvalue weighted by atomic mass is 9.92. The third kappa shape index (κ3) is 1.59. The van der Waals surface area contributed by atoms with Crippen LogP contribution in [0.3, 0.4) is 0 Å². The van der Waals surface area contributed by atoms with E-state index in [2.05, 4.69) is 6.92 Å². The smallest absolute Gasteiger partial charge is 0.334 e. The summed E-state index contributed by atoms with van der Waals surface area (Å²) >= 11 is 0. The monoisotopic (exact) mass is 260 g/mol. The fourth-order valence-corrected chi connectivity index (χ4v) is 3.25. The fraction of sp³-hybridized carbons (Fsp3) is 0.533. The summed E-state index contributed by atoms with van der Waals surface area (Å²) in [7, 11) is 0. The molecule has 2 aliphatic heterocycles. The van der Waals surface area contributed by atoms with Gasteiger partial charge < -0.3 is 13.9 Å². The molecule has 0 amide bonds. The molecule has 0 spiro atoms. The molecule has 1 aromatic rings. The van der Waals surface area contributed by atoms with Gasteiger partial charge in [0.2, 0.25) is 0 Å². The number of fused-ring (bicyclic) bond motifs is 4. The zero-order valence-corrected chi connectivity index (χ0v) is 11.1. The number of carbonyl (C=O) groups is 1. The highest BCUT2D eigenvalue weighted by molar-refractivity contribution is 5.91. The molecule has 0 saturated carbocycles. The number of carbonyl (C=O) groups excluding carboxylic acids is 1. The maximum atomic E-state index is 11.9. The first kappa shape index (κ1) is 11.3. The summed E-state index contributed by atoms with van der Waals surface area (Å²) < 4.78 is 16.9. The van der Waals surface area contributed by atoms with Gasteiger partial charge in [0.05, 0.1) is 18.0 Å². The van der Waals surface area contributed by atoms with Crippen molar-refractivity contribution >= 4 is 5.97 Å². The van der Waals surface area contributed by atoms with Crippen molar-refractivity contribution < 1.29 is 18.7 Å². The van der Waals surface area contributed by atoms with Crippen molar-refractivity contribution in [2.24, 2.45) is 0 Å². The average molecular weight is 260 g/mol. The first-order valence-corrected chi connectivity index (χ1v) is 6.73. The molecule has 0 aromatic carbocycles. The molecule has 3 atom stereocenters. The molecule has 0 radical (unpaired) electrons. The van der Waals surface area contributed by atoms with Crippen LogP contribution in [0.4, 0.5) is 0 Å². The van der Waals surface area contributed by atoms with E-state index in [0.29, 0.717) is 0 Å². The minimum atomic E-state index is -0.282. The van der Waals surface area contributed by atoms with Gasteiger partial charge in [-0.05, 0) is 38.3 Å². The van der Waals surface area contributed by atoms with Gasteiger partial charge >= 0.3 is 5.97 Å².